The molecule has 0 radical (unpaired) electrons. The van der Waals surface area contributed by atoms with Crippen molar-refractivity contribution in [3.8, 4) is 0 Å². The van der Waals surface area contributed by atoms with Crippen molar-refractivity contribution in [1.29, 1.82) is 0 Å². The lowest BCUT2D eigenvalue weighted by atomic mass is 10.2. The Labute approximate surface area is 104 Å². The number of nitrogens with zero attached hydrogens (tertiary/aromatic N) is 1. The van der Waals surface area contributed by atoms with Crippen molar-refractivity contribution in [2.75, 3.05) is 5.32 Å². The van der Waals surface area contributed by atoms with E-state index in [1.807, 2.05) is 19.1 Å². The van der Waals surface area contributed by atoms with Crippen molar-refractivity contribution in [2.24, 2.45) is 0 Å². The molecule has 17 heavy (non-hydrogen) atoms. The normalized spacial score (nSPS) is 10.3. The smallest absolute Gasteiger partial charge is 0.259 e. The summed E-state index contributed by atoms with van der Waals surface area (Å²) in [5.41, 5.74) is 2.91. The number of carbonyl (C=O) groups excluding carboxylic acids is 1. The number of aryl methyl sites for hydroxylation is 2. The van der Waals surface area contributed by atoms with E-state index >= 15 is 0 Å². The van der Waals surface area contributed by atoms with Crippen LogP contribution < -0.4 is 5.32 Å². The minimum Gasteiger partial charge on any atom is -0.322 e. The monoisotopic (exact) mass is 249 g/mol. The lowest BCUT2D eigenvalue weighted by Crippen LogP contribution is -2.12. The van der Waals surface area contributed by atoms with Gasteiger partial charge in [0.2, 0.25) is 0 Å². The van der Waals surface area contributed by atoms with Crippen molar-refractivity contribution in [3.05, 3.63) is 46.2 Å². The first-order valence-corrected chi connectivity index (χ1v) is 5.53. The largest absolute Gasteiger partial charge is 0.322 e. The van der Waals surface area contributed by atoms with Crippen LogP contribution in [0, 0.1) is 13.8 Å². The second-order valence-electron chi connectivity index (χ2n) is 3.83. The highest BCUT2D eigenvalue weighted by molar-refractivity contribution is 6.31. The molecule has 1 aromatic carbocycles. The molecule has 1 amide bonds. The van der Waals surface area contributed by atoms with E-state index in [1.165, 1.54) is 6.20 Å². The van der Waals surface area contributed by atoms with Crippen LogP contribution >= 0.6 is 11.6 Å². The van der Waals surface area contributed by atoms with Gasteiger partial charge in [-0.15, -0.1) is 0 Å². The van der Waals surface area contributed by atoms with Crippen LogP contribution in [0.3, 0.4) is 0 Å². The minimum absolute atomic E-state index is 0.198. The quantitative estimate of drug-likeness (QED) is 0.860. The third-order valence-corrected chi connectivity index (χ3v) is 2.91. The van der Waals surface area contributed by atoms with Gasteiger partial charge in [0.1, 0.15) is 0 Å². The molecule has 0 aliphatic heterocycles. The van der Waals surface area contributed by atoms with Gasteiger partial charge < -0.3 is 5.32 Å². The molecule has 0 spiro atoms. The zero-order valence-corrected chi connectivity index (χ0v) is 10.3. The molecule has 0 atom stereocenters. The highest BCUT2D eigenvalue weighted by atomic mass is 35.5. The first-order valence-electron chi connectivity index (χ1n) is 5.15. The zero-order chi connectivity index (χ0) is 12.4. The number of nitrogens with one attached hydrogen (secondary N) is 2. The van der Waals surface area contributed by atoms with Crippen LogP contribution in [0.4, 0.5) is 5.69 Å². The predicted molar refractivity (Wildman–Crippen MR) is 67.5 cm³/mol. The third kappa shape index (κ3) is 2.47. The third-order valence-electron chi connectivity index (χ3n) is 2.50. The molecule has 88 valence electrons. The topological polar surface area (TPSA) is 57.8 Å². The Morgan fingerprint density at radius 3 is 2.76 bits per heavy atom. The van der Waals surface area contributed by atoms with Gasteiger partial charge in [0.15, 0.2) is 0 Å². The number of anilines is 1. The molecule has 4 nitrogen and oxygen atoms in total. The fraction of sp³-hybridized carbons (Fsp3) is 0.167. The summed E-state index contributed by atoms with van der Waals surface area (Å²) >= 11 is 5.98. The standard InChI is InChI=1S/C12H12ClN3O/c1-7-3-4-9(5-11(7)13)15-12(17)10-6-14-16-8(10)2/h3-6H,1-2H3,(H,14,16)(H,15,17). The number of hydrogen-bond donors (Lipinski definition) is 2. The Morgan fingerprint density at radius 2 is 2.18 bits per heavy atom. The summed E-state index contributed by atoms with van der Waals surface area (Å²) in [6, 6.07) is 5.40. The maximum atomic E-state index is 11.9. The van der Waals surface area contributed by atoms with E-state index in [0.717, 1.165) is 11.3 Å². The summed E-state index contributed by atoms with van der Waals surface area (Å²) in [5, 5.41) is 9.92. The molecule has 2 N–H and O–H groups in total. The molecular weight excluding hydrogens is 238 g/mol. The maximum Gasteiger partial charge on any atom is 0.259 e. The number of carbonyl (C=O) groups is 1. The van der Waals surface area contributed by atoms with Crippen molar-refractivity contribution < 1.29 is 4.79 Å². The van der Waals surface area contributed by atoms with E-state index in [9.17, 15) is 4.79 Å². The van der Waals surface area contributed by atoms with E-state index in [4.69, 9.17) is 11.6 Å². The van der Waals surface area contributed by atoms with Gasteiger partial charge in [0.05, 0.1) is 11.8 Å². The average molecular weight is 250 g/mol. The van der Waals surface area contributed by atoms with Crippen LogP contribution in [0.25, 0.3) is 0 Å². The van der Waals surface area contributed by atoms with Gasteiger partial charge in [0.25, 0.3) is 5.91 Å². The van der Waals surface area contributed by atoms with Gasteiger partial charge in [-0.3, -0.25) is 9.89 Å². The minimum atomic E-state index is -0.198. The molecule has 0 fully saturated rings. The summed E-state index contributed by atoms with van der Waals surface area (Å²) < 4.78 is 0. The first-order chi connectivity index (χ1) is 8.08. The molecule has 2 rings (SSSR count). The second kappa shape index (κ2) is 4.59. The average Bonchev–Trinajstić information content (AvgIpc) is 2.70. The summed E-state index contributed by atoms with van der Waals surface area (Å²) in [4.78, 5) is 11.9. The summed E-state index contributed by atoms with van der Waals surface area (Å²) in [7, 11) is 0. The SMILES string of the molecule is Cc1ccc(NC(=O)c2cn[nH]c2C)cc1Cl. The number of H-pyrrole nitrogens is 1. The maximum absolute atomic E-state index is 11.9. The predicted octanol–water partition coefficient (Wildman–Crippen LogP) is 2.93. The van der Waals surface area contributed by atoms with E-state index in [2.05, 4.69) is 15.5 Å². The number of aromatic nitrogens is 2. The second-order valence-corrected chi connectivity index (χ2v) is 4.23. The molecular formula is C12H12ClN3O. The first kappa shape index (κ1) is 11.7. The highest BCUT2D eigenvalue weighted by Gasteiger charge is 2.11. The number of hydrogen-bond acceptors (Lipinski definition) is 2. The number of aromatic amines is 1. The van der Waals surface area contributed by atoms with Crippen LogP contribution in [0.1, 0.15) is 21.6 Å². The van der Waals surface area contributed by atoms with Gasteiger partial charge in [-0.05, 0) is 31.5 Å². The lowest BCUT2D eigenvalue weighted by Gasteiger charge is -2.06. The van der Waals surface area contributed by atoms with Crippen molar-refractivity contribution in [3.63, 3.8) is 0 Å². The number of amides is 1. The molecule has 2 aromatic rings. The van der Waals surface area contributed by atoms with Crippen molar-refractivity contribution in [2.45, 2.75) is 13.8 Å². The molecule has 0 unspecified atom stereocenters. The summed E-state index contributed by atoms with van der Waals surface area (Å²) in [5.74, 6) is -0.198. The van der Waals surface area contributed by atoms with Gasteiger partial charge in [-0.1, -0.05) is 17.7 Å². The summed E-state index contributed by atoms with van der Waals surface area (Å²) in [6.45, 7) is 3.71. The molecule has 0 bridgehead atoms. The van der Waals surface area contributed by atoms with Gasteiger partial charge in [-0.2, -0.15) is 5.10 Å². The number of rotatable bonds is 2. The van der Waals surface area contributed by atoms with Gasteiger partial charge >= 0.3 is 0 Å². The van der Waals surface area contributed by atoms with E-state index in [-0.39, 0.29) is 5.91 Å². The number of benzene rings is 1. The van der Waals surface area contributed by atoms with Crippen LogP contribution in [-0.2, 0) is 0 Å². The molecule has 0 aliphatic carbocycles. The molecule has 0 saturated heterocycles. The van der Waals surface area contributed by atoms with E-state index in [1.54, 1.807) is 13.0 Å². The van der Waals surface area contributed by atoms with E-state index < -0.39 is 0 Å². The Morgan fingerprint density at radius 1 is 1.41 bits per heavy atom. The molecule has 1 heterocycles. The summed E-state index contributed by atoms with van der Waals surface area (Å²) in [6.07, 6.45) is 1.50. The number of halogens is 1. The molecule has 1 aromatic heterocycles. The molecule has 5 heteroatoms. The van der Waals surface area contributed by atoms with Crippen molar-refractivity contribution >= 4 is 23.2 Å². The Balaban J connectivity index is 2.19. The Hall–Kier alpha value is -1.81. The molecule has 0 aliphatic rings. The van der Waals surface area contributed by atoms with Gasteiger partial charge in [-0.25, -0.2) is 0 Å². The Bertz CT molecular complexity index is 563. The fourth-order valence-corrected chi connectivity index (χ4v) is 1.63. The fourth-order valence-electron chi connectivity index (χ4n) is 1.45. The van der Waals surface area contributed by atoms with Crippen LogP contribution in [0.15, 0.2) is 24.4 Å². The Kier molecular flexibility index (Phi) is 3.15. The van der Waals surface area contributed by atoms with Crippen LogP contribution in [-0.4, -0.2) is 16.1 Å². The highest BCUT2D eigenvalue weighted by Crippen LogP contribution is 2.20. The van der Waals surface area contributed by atoms with Crippen LogP contribution in [0.2, 0.25) is 5.02 Å². The van der Waals surface area contributed by atoms with E-state index in [0.29, 0.717) is 16.3 Å². The molecule has 0 saturated carbocycles. The lowest BCUT2D eigenvalue weighted by molar-refractivity contribution is 0.102. The van der Waals surface area contributed by atoms with Crippen LogP contribution in [0.5, 0.6) is 0 Å². The van der Waals surface area contributed by atoms with Gasteiger partial charge in [0, 0.05) is 16.4 Å². The van der Waals surface area contributed by atoms with Crippen molar-refractivity contribution in [1.82, 2.24) is 10.2 Å². The zero-order valence-electron chi connectivity index (χ0n) is 9.54.